The van der Waals surface area contributed by atoms with Gasteiger partial charge in [0.25, 0.3) is 5.91 Å². The number of primary amides is 1. The van der Waals surface area contributed by atoms with Crippen molar-refractivity contribution in [3.8, 4) is 5.75 Å². The van der Waals surface area contributed by atoms with E-state index in [4.69, 9.17) is 10.5 Å². The number of H-pyrrole nitrogens is 1. The predicted molar refractivity (Wildman–Crippen MR) is 92.1 cm³/mol. The second-order valence-corrected chi connectivity index (χ2v) is 6.62. The SMILES string of the molecule is CC1(c2[nH]ncc2C(N)=O)CCCN(CCOc2ccccc2)C1. The topological polar surface area (TPSA) is 84.2 Å². The smallest absolute Gasteiger partial charge is 0.252 e. The fourth-order valence-electron chi connectivity index (χ4n) is 3.48. The van der Waals surface area contributed by atoms with Crippen LogP contribution >= 0.6 is 0 Å². The molecule has 1 aromatic carbocycles. The van der Waals surface area contributed by atoms with Crippen molar-refractivity contribution in [2.24, 2.45) is 5.73 Å². The number of benzene rings is 1. The first kappa shape index (κ1) is 16.5. The summed E-state index contributed by atoms with van der Waals surface area (Å²) in [6, 6.07) is 9.84. The molecule has 0 saturated carbocycles. The summed E-state index contributed by atoms with van der Waals surface area (Å²) in [5.41, 5.74) is 6.67. The number of nitrogens with one attached hydrogen (secondary N) is 1. The predicted octanol–water partition coefficient (Wildman–Crippen LogP) is 1.94. The fourth-order valence-corrected chi connectivity index (χ4v) is 3.48. The van der Waals surface area contributed by atoms with Gasteiger partial charge in [-0.2, -0.15) is 5.10 Å². The Labute approximate surface area is 142 Å². The van der Waals surface area contributed by atoms with Gasteiger partial charge in [0.05, 0.1) is 17.5 Å². The monoisotopic (exact) mass is 328 g/mol. The summed E-state index contributed by atoms with van der Waals surface area (Å²) >= 11 is 0. The van der Waals surface area contributed by atoms with Crippen LogP contribution in [-0.2, 0) is 5.41 Å². The molecule has 3 N–H and O–H groups in total. The summed E-state index contributed by atoms with van der Waals surface area (Å²) in [6.45, 7) is 5.55. The molecule has 2 heterocycles. The van der Waals surface area contributed by atoms with Gasteiger partial charge >= 0.3 is 0 Å². The van der Waals surface area contributed by atoms with Crippen molar-refractivity contribution in [2.75, 3.05) is 26.2 Å². The first-order chi connectivity index (χ1) is 11.6. The van der Waals surface area contributed by atoms with Crippen molar-refractivity contribution in [3.05, 3.63) is 47.8 Å². The Kier molecular flexibility index (Phi) is 4.85. The highest BCUT2D eigenvalue weighted by Gasteiger charge is 2.36. The molecule has 6 nitrogen and oxygen atoms in total. The quantitative estimate of drug-likeness (QED) is 0.849. The van der Waals surface area contributed by atoms with Gasteiger partial charge in [-0.25, -0.2) is 0 Å². The Morgan fingerprint density at radius 2 is 2.21 bits per heavy atom. The van der Waals surface area contributed by atoms with Gasteiger partial charge in [-0.05, 0) is 31.5 Å². The Balaban J connectivity index is 1.61. The maximum absolute atomic E-state index is 11.6. The summed E-state index contributed by atoms with van der Waals surface area (Å²) in [6.07, 6.45) is 3.60. The second kappa shape index (κ2) is 7.05. The van der Waals surface area contributed by atoms with Crippen molar-refractivity contribution < 1.29 is 9.53 Å². The van der Waals surface area contributed by atoms with Crippen LogP contribution in [0.1, 0.15) is 35.8 Å². The average molecular weight is 328 g/mol. The molecule has 1 unspecified atom stereocenters. The molecule has 1 aliphatic heterocycles. The molecular weight excluding hydrogens is 304 g/mol. The molecule has 1 fully saturated rings. The molecule has 1 atom stereocenters. The van der Waals surface area contributed by atoms with Crippen molar-refractivity contribution in [1.82, 2.24) is 15.1 Å². The molecule has 1 amide bonds. The molecule has 0 spiro atoms. The van der Waals surface area contributed by atoms with E-state index in [0.29, 0.717) is 12.2 Å². The summed E-state index contributed by atoms with van der Waals surface area (Å²) in [4.78, 5) is 14.0. The number of amides is 1. The number of aromatic amines is 1. The number of nitrogens with two attached hydrogens (primary N) is 1. The minimum absolute atomic E-state index is 0.147. The van der Waals surface area contributed by atoms with Crippen LogP contribution in [0.5, 0.6) is 5.75 Å². The second-order valence-electron chi connectivity index (χ2n) is 6.62. The van der Waals surface area contributed by atoms with Crippen LogP contribution in [0.15, 0.2) is 36.5 Å². The lowest BCUT2D eigenvalue weighted by Gasteiger charge is -2.40. The van der Waals surface area contributed by atoms with Gasteiger partial charge < -0.3 is 10.5 Å². The van der Waals surface area contributed by atoms with Crippen LogP contribution in [-0.4, -0.2) is 47.2 Å². The van der Waals surface area contributed by atoms with Crippen molar-refractivity contribution in [1.29, 1.82) is 0 Å². The summed E-state index contributed by atoms with van der Waals surface area (Å²) in [5.74, 6) is 0.464. The lowest BCUT2D eigenvalue weighted by molar-refractivity contribution is 0.0990. The number of carbonyl (C=O) groups excluding carboxylic acids is 1. The number of nitrogens with zero attached hydrogens (tertiary/aromatic N) is 2. The molecule has 2 aromatic rings. The maximum Gasteiger partial charge on any atom is 0.252 e. The van der Waals surface area contributed by atoms with Gasteiger partial charge in [0.1, 0.15) is 12.4 Å². The van der Waals surface area contributed by atoms with E-state index in [9.17, 15) is 4.79 Å². The molecule has 6 heteroatoms. The molecule has 1 aromatic heterocycles. The largest absolute Gasteiger partial charge is 0.492 e. The fraction of sp³-hybridized carbons (Fsp3) is 0.444. The molecule has 128 valence electrons. The van der Waals surface area contributed by atoms with Gasteiger partial charge in [-0.1, -0.05) is 25.1 Å². The van der Waals surface area contributed by atoms with Crippen molar-refractivity contribution in [3.63, 3.8) is 0 Å². The summed E-state index contributed by atoms with van der Waals surface area (Å²) in [7, 11) is 0. The molecule has 24 heavy (non-hydrogen) atoms. The lowest BCUT2D eigenvalue weighted by atomic mass is 9.77. The van der Waals surface area contributed by atoms with Crippen molar-refractivity contribution >= 4 is 5.91 Å². The Morgan fingerprint density at radius 3 is 2.96 bits per heavy atom. The molecular formula is C18H24N4O2. The number of piperidine rings is 1. The Morgan fingerprint density at radius 1 is 1.42 bits per heavy atom. The average Bonchev–Trinajstić information content (AvgIpc) is 3.07. The number of carbonyl (C=O) groups is 1. The minimum Gasteiger partial charge on any atom is -0.492 e. The zero-order valence-corrected chi connectivity index (χ0v) is 14.0. The van der Waals surface area contributed by atoms with Crippen LogP contribution in [0.25, 0.3) is 0 Å². The highest BCUT2D eigenvalue weighted by molar-refractivity contribution is 5.94. The number of hydrogen-bond donors (Lipinski definition) is 2. The van der Waals surface area contributed by atoms with Crippen LogP contribution < -0.4 is 10.5 Å². The van der Waals surface area contributed by atoms with Gasteiger partial charge in [0.15, 0.2) is 0 Å². The van der Waals surface area contributed by atoms with E-state index in [2.05, 4.69) is 22.0 Å². The highest BCUT2D eigenvalue weighted by atomic mass is 16.5. The molecule has 3 rings (SSSR count). The zero-order valence-electron chi connectivity index (χ0n) is 14.0. The number of hydrogen-bond acceptors (Lipinski definition) is 4. The third kappa shape index (κ3) is 3.59. The van der Waals surface area contributed by atoms with Gasteiger partial charge in [-0.3, -0.25) is 14.8 Å². The molecule has 1 saturated heterocycles. The Hall–Kier alpha value is -2.34. The van der Waals surface area contributed by atoms with E-state index < -0.39 is 5.91 Å². The van der Waals surface area contributed by atoms with E-state index in [0.717, 1.165) is 43.9 Å². The molecule has 0 radical (unpaired) electrons. The van der Waals surface area contributed by atoms with Gasteiger partial charge in [0.2, 0.25) is 0 Å². The van der Waals surface area contributed by atoms with Crippen LogP contribution in [0.2, 0.25) is 0 Å². The van der Waals surface area contributed by atoms with Crippen LogP contribution in [0, 0.1) is 0 Å². The standard InChI is InChI=1S/C18H24N4O2/c1-18(16-15(17(19)23)12-20-21-16)8-5-9-22(13-18)10-11-24-14-6-3-2-4-7-14/h2-4,6-7,12H,5,8-11,13H2,1H3,(H2,19,23)(H,20,21). The first-order valence-electron chi connectivity index (χ1n) is 8.32. The number of aromatic nitrogens is 2. The normalized spacial score (nSPS) is 21.5. The van der Waals surface area contributed by atoms with E-state index in [1.807, 2.05) is 30.3 Å². The third-order valence-electron chi connectivity index (χ3n) is 4.70. The van der Waals surface area contributed by atoms with E-state index in [-0.39, 0.29) is 5.41 Å². The summed E-state index contributed by atoms with van der Waals surface area (Å²) in [5, 5.41) is 7.01. The van der Waals surface area contributed by atoms with E-state index in [1.54, 1.807) is 0 Å². The van der Waals surface area contributed by atoms with Crippen molar-refractivity contribution in [2.45, 2.75) is 25.2 Å². The molecule has 0 aliphatic carbocycles. The lowest BCUT2D eigenvalue weighted by Crippen LogP contribution is -2.46. The Bertz CT molecular complexity index is 685. The maximum atomic E-state index is 11.6. The number of para-hydroxylation sites is 1. The number of ether oxygens (including phenoxy) is 1. The molecule has 0 bridgehead atoms. The van der Waals surface area contributed by atoms with Crippen LogP contribution in [0.3, 0.4) is 0 Å². The van der Waals surface area contributed by atoms with Gasteiger partial charge in [0, 0.05) is 18.5 Å². The highest BCUT2D eigenvalue weighted by Crippen LogP contribution is 2.34. The molecule has 1 aliphatic rings. The summed E-state index contributed by atoms with van der Waals surface area (Å²) < 4.78 is 5.79. The minimum atomic E-state index is -0.426. The third-order valence-corrected chi connectivity index (χ3v) is 4.70. The van der Waals surface area contributed by atoms with E-state index >= 15 is 0 Å². The zero-order chi connectivity index (χ0) is 17.0. The van der Waals surface area contributed by atoms with E-state index in [1.165, 1.54) is 6.20 Å². The van der Waals surface area contributed by atoms with Crippen LogP contribution in [0.4, 0.5) is 0 Å². The first-order valence-corrected chi connectivity index (χ1v) is 8.32. The number of likely N-dealkylation sites (tertiary alicyclic amines) is 1. The number of rotatable bonds is 6. The van der Waals surface area contributed by atoms with Gasteiger partial charge in [-0.15, -0.1) is 0 Å².